The van der Waals surface area contributed by atoms with Gasteiger partial charge in [0.2, 0.25) is 0 Å². The zero-order chi connectivity index (χ0) is 12.3. The Kier molecular flexibility index (Phi) is 4.19. The van der Waals surface area contributed by atoms with Crippen molar-refractivity contribution in [3.05, 3.63) is 35.4 Å². The number of nitrogens with zero attached hydrogens (tertiary/aromatic N) is 1. The maximum atomic E-state index is 3.41. The first-order valence-corrected chi connectivity index (χ1v) is 6.62. The molecule has 2 heteroatoms. The molecule has 0 bridgehead atoms. The number of benzene rings is 1. The highest BCUT2D eigenvalue weighted by atomic mass is 15.1. The minimum absolute atomic E-state index is 0.435. The molecule has 1 aliphatic rings. The number of rotatable bonds is 5. The van der Waals surface area contributed by atoms with Gasteiger partial charge in [0.25, 0.3) is 0 Å². The first kappa shape index (κ1) is 12.6. The first-order chi connectivity index (χ1) is 8.20. The van der Waals surface area contributed by atoms with Crippen LogP contribution in [0.4, 0.5) is 0 Å². The molecule has 1 aromatic rings. The Balaban J connectivity index is 2.12. The van der Waals surface area contributed by atoms with Gasteiger partial charge in [-0.05, 0) is 51.0 Å². The molecule has 1 fully saturated rings. The third kappa shape index (κ3) is 3.08. The lowest BCUT2D eigenvalue weighted by Gasteiger charge is -2.27. The fourth-order valence-corrected chi connectivity index (χ4v) is 2.50. The molecule has 1 unspecified atom stereocenters. The molecule has 1 aliphatic carbocycles. The summed E-state index contributed by atoms with van der Waals surface area (Å²) in [6, 6.07) is 9.57. The van der Waals surface area contributed by atoms with E-state index in [9.17, 15) is 0 Å². The summed E-state index contributed by atoms with van der Waals surface area (Å²) in [6.07, 6.45) is 4.16. The lowest BCUT2D eigenvalue weighted by atomic mass is 9.79. The van der Waals surface area contributed by atoms with Crippen LogP contribution in [-0.4, -0.2) is 32.6 Å². The molecular weight excluding hydrogens is 208 g/mol. The van der Waals surface area contributed by atoms with Crippen molar-refractivity contribution in [2.45, 2.75) is 31.2 Å². The van der Waals surface area contributed by atoms with Gasteiger partial charge in [-0.25, -0.2) is 0 Å². The first-order valence-electron chi connectivity index (χ1n) is 6.62. The quantitative estimate of drug-likeness (QED) is 0.840. The summed E-state index contributed by atoms with van der Waals surface area (Å²) in [5.41, 5.74) is 2.96. The fraction of sp³-hybridized carbons (Fsp3) is 0.600. The molecule has 0 spiro atoms. The van der Waals surface area contributed by atoms with E-state index in [1.54, 1.807) is 0 Å². The normalized spacial score (nSPS) is 18.1. The molecule has 94 valence electrons. The van der Waals surface area contributed by atoms with Crippen LogP contribution in [0.25, 0.3) is 0 Å². The van der Waals surface area contributed by atoms with Crippen LogP contribution >= 0.6 is 0 Å². The van der Waals surface area contributed by atoms with Crippen LogP contribution in [0.5, 0.6) is 0 Å². The standard InChI is InChI=1S/C15H24N2/c1-16-15(11-17(2)3)14-9-5-8-13(10-14)12-6-4-7-12/h5,8-10,12,15-16H,4,6-7,11H2,1-3H3. The summed E-state index contributed by atoms with van der Waals surface area (Å²) >= 11 is 0. The van der Waals surface area contributed by atoms with Gasteiger partial charge in [0.15, 0.2) is 0 Å². The molecule has 1 N–H and O–H groups in total. The molecule has 1 atom stereocenters. The zero-order valence-corrected chi connectivity index (χ0v) is 11.2. The number of hydrogen-bond donors (Lipinski definition) is 1. The number of likely N-dealkylation sites (N-methyl/N-ethyl adjacent to an activating group) is 2. The Labute approximate surface area is 105 Å². The van der Waals surface area contributed by atoms with E-state index in [1.165, 1.54) is 30.4 Å². The molecule has 0 saturated heterocycles. The summed E-state index contributed by atoms with van der Waals surface area (Å²) in [4.78, 5) is 2.23. The highest BCUT2D eigenvalue weighted by molar-refractivity contribution is 5.29. The van der Waals surface area contributed by atoms with E-state index in [-0.39, 0.29) is 0 Å². The van der Waals surface area contributed by atoms with E-state index in [2.05, 4.69) is 48.6 Å². The Morgan fingerprint density at radius 3 is 2.65 bits per heavy atom. The molecule has 2 nitrogen and oxygen atoms in total. The summed E-state index contributed by atoms with van der Waals surface area (Å²) in [5, 5.41) is 3.41. The summed E-state index contributed by atoms with van der Waals surface area (Å²) in [7, 11) is 6.30. The minimum Gasteiger partial charge on any atom is -0.312 e. The maximum Gasteiger partial charge on any atom is 0.0446 e. The Bertz CT molecular complexity index is 356. The number of hydrogen-bond acceptors (Lipinski definition) is 2. The van der Waals surface area contributed by atoms with E-state index < -0.39 is 0 Å². The van der Waals surface area contributed by atoms with Crippen LogP contribution in [0.2, 0.25) is 0 Å². The van der Waals surface area contributed by atoms with E-state index in [4.69, 9.17) is 0 Å². The molecule has 0 amide bonds. The van der Waals surface area contributed by atoms with Crippen LogP contribution in [0.15, 0.2) is 24.3 Å². The molecule has 1 aromatic carbocycles. The van der Waals surface area contributed by atoms with Crippen LogP contribution in [0, 0.1) is 0 Å². The zero-order valence-electron chi connectivity index (χ0n) is 11.2. The SMILES string of the molecule is CNC(CN(C)C)c1cccc(C2CCC2)c1. The Morgan fingerprint density at radius 1 is 1.35 bits per heavy atom. The fourth-order valence-electron chi connectivity index (χ4n) is 2.50. The lowest BCUT2D eigenvalue weighted by Crippen LogP contribution is -2.28. The summed E-state index contributed by atoms with van der Waals surface area (Å²) in [5.74, 6) is 0.826. The van der Waals surface area contributed by atoms with Gasteiger partial charge >= 0.3 is 0 Å². The highest BCUT2D eigenvalue weighted by Gasteiger charge is 2.20. The average Bonchev–Trinajstić information content (AvgIpc) is 2.23. The van der Waals surface area contributed by atoms with Crippen molar-refractivity contribution in [2.75, 3.05) is 27.7 Å². The molecule has 0 heterocycles. The van der Waals surface area contributed by atoms with Crippen molar-refractivity contribution in [3.63, 3.8) is 0 Å². The maximum absolute atomic E-state index is 3.41. The lowest BCUT2D eigenvalue weighted by molar-refractivity contribution is 0.352. The van der Waals surface area contributed by atoms with Gasteiger partial charge in [0, 0.05) is 12.6 Å². The van der Waals surface area contributed by atoms with Crippen LogP contribution in [-0.2, 0) is 0 Å². The Morgan fingerprint density at radius 2 is 2.12 bits per heavy atom. The van der Waals surface area contributed by atoms with Gasteiger partial charge in [-0.2, -0.15) is 0 Å². The van der Waals surface area contributed by atoms with E-state index >= 15 is 0 Å². The molecular formula is C15H24N2. The monoisotopic (exact) mass is 232 g/mol. The predicted molar refractivity (Wildman–Crippen MR) is 73.4 cm³/mol. The second kappa shape index (κ2) is 5.65. The van der Waals surface area contributed by atoms with Crippen LogP contribution in [0.1, 0.15) is 42.3 Å². The van der Waals surface area contributed by atoms with Gasteiger partial charge < -0.3 is 10.2 Å². The third-order valence-electron chi connectivity index (χ3n) is 3.79. The van der Waals surface area contributed by atoms with Gasteiger partial charge in [0.1, 0.15) is 0 Å². The molecule has 2 rings (SSSR count). The molecule has 0 aromatic heterocycles. The van der Waals surface area contributed by atoms with Crippen molar-refractivity contribution in [2.24, 2.45) is 0 Å². The molecule has 0 radical (unpaired) electrons. The number of nitrogens with one attached hydrogen (secondary N) is 1. The average molecular weight is 232 g/mol. The Hall–Kier alpha value is -0.860. The van der Waals surface area contributed by atoms with Crippen molar-refractivity contribution >= 4 is 0 Å². The smallest absolute Gasteiger partial charge is 0.0446 e. The third-order valence-corrected chi connectivity index (χ3v) is 3.79. The van der Waals surface area contributed by atoms with E-state index in [1.807, 2.05) is 7.05 Å². The molecule has 17 heavy (non-hydrogen) atoms. The van der Waals surface area contributed by atoms with Gasteiger partial charge in [-0.15, -0.1) is 0 Å². The van der Waals surface area contributed by atoms with Crippen LogP contribution in [0.3, 0.4) is 0 Å². The summed E-state index contributed by atoms with van der Waals surface area (Å²) in [6.45, 7) is 1.05. The second-order valence-electron chi connectivity index (χ2n) is 5.40. The van der Waals surface area contributed by atoms with Crippen molar-refractivity contribution in [1.29, 1.82) is 0 Å². The molecule has 1 saturated carbocycles. The summed E-state index contributed by atoms with van der Waals surface area (Å²) < 4.78 is 0. The van der Waals surface area contributed by atoms with E-state index in [0.717, 1.165) is 12.5 Å². The largest absolute Gasteiger partial charge is 0.312 e. The van der Waals surface area contributed by atoms with Gasteiger partial charge in [-0.1, -0.05) is 30.7 Å². The topological polar surface area (TPSA) is 15.3 Å². The van der Waals surface area contributed by atoms with Crippen LogP contribution < -0.4 is 5.32 Å². The highest BCUT2D eigenvalue weighted by Crippen LogP contribution is 2.36. The minimum atomic E-state index is 0.435. The predicted octanol–water partition coefficient (Wildman–Crippen LogP) is 2.78. The van der Waals surface area contributed by atoms with Crippen molar-refractivity contribution in [3.8, 4) is 0 Å². The van der Waals surface area contributed by atoms with Gasteiger partial charge in [-0.3, -0.25) is 0 Å². The molecule has 0 aliphatic heterocycles. The van der Waals surface area contributed by atoms with Gasteiger partial charge in [0.05, 0.1) is 0 Å². The van der Waals surface area contributed by atoms with Crippen molar-refractivity contribution < 1.29 is 0 Å². The van der Waals surface area contributed by atoms with Crippen molar-refractivity contribution in [1.82, 2.24) is 10.2 Å². The second-order valence-corrected chi connectivity index (χ2v) is 5.40. The van der Waals surface area contributed by atoms with E-state index in [0.29, 0.717) is 6.04 Å².